The molecule has 0 spiro atoms. The first-order valence-electron chi connectivity index (χ1n) is 4.63. The molecule has 4 heteroatoms. The molecule has 0 saturated heterocycles. The third-order valence-electron chi connectivity index (χ3n) is 2.12. The Bertz CT molecular complexity index is 378. The molecule has 4 nitrogen and oxygen atoms in total. The second kappa shape index (κ2) is 5.13. The van der Waals surface area contributed by atoms with Crippen molar-refractivity contribution in [2.45, 2.75) is 12.5 Å². The maximum Gasteiger partial charge on any atom is 0.237 e. The van der Waals surface area contributed by atoms with Gasteiger partial charge in [-0.15, -0.1) is 0 Å². The molecule has 0 aliphatic carbocycles. The van der Waals surface area contributed by atoms with Crippen molar-refractivity contribution in [2.75, 3.05) is 7.05 Å². The number of nitrogens with zero attached hydrogens (tertiary/aromatic N) is 1. The molecule has 0 radical (unpaired) electrons. The lowest BCUT2D eigenvalue weighted by Gasteiger charge is -2.09. The highest BCUT2D eigenvalue weighted by molar-refractivity contribution is 5.81. The Labute approximate surface area is 88.7 Å². The van der Waals surface area contributed by atoms with Gasteiger partial charge in [0.05, 0.1) is 17.7 Å². The van der Waals surface area contributed by atoms with E-state index >= 15 is 0 Å². The molecule has 1 rings (SSSR count). The van der Waals surface area contributed by atoms with Crippen molar-refractivity contribution >= 4 is 5.91 Å². The zero-order chi connectivity index (χ0) is 11.3. The van der Waals surface area contributed by atoms with Gasteiger partial charge in [-0.1, -0.05) is 12.1 Å². The Hall–Kier alpha value is -1.86. The topological polar surface area (TPSA) is 78.9 Å². The fraction of sp³-hybridized carbons (Fsp3) is 0.273. The molecule has 1 aromatic carbocycles. The van der Waals surface area contributed by atoms with E-state index in [4.69, 9.17) is 11.0 Å². The van der Waals surface area contributed by atoms with Gasteiger partial charge in [0.1, 0.15) is 0 Å². The minimum absolute atomic E-state index is 0.181. The van der Waals surface area contributed by atoms with E-state index < -0.39 is 6.04 Å². The average Bonchev–Trinajstić information content (AvgIpc) is 2.29. The average molecular weight is 203 g/mol. The Kier molecular flexibility index (Phi) is 3.83. The molecule has 0 aliphatic rings. The van der Waals surface area contributed by atoms with Gasteiger partial charge in [0.25, 0.3) is 0 Å². The summed E-state index contributed by atoms with van der Waals surface area (Å²) in [6.45, 7) is 0. The van der Waals surface area contributed by atoms with Gasteiger partial charge in [-0.2, -0.15) is 5.26 Å². The second-order valence-electron chi connectivity index (χ2n) is 3.23. The number of hydrogen-bond donors (Lipinski definition) is 2. The van der Waals surface area contributed by atoms with Crippen LogP contribution in [0.5, 0.6) is 0 Å². The van der Waals surface area contributed by atoms with Crippen molar-refractivity contribution in [1.29, 1.82) is 5.26 Å². The number of carbonyl (C=O) groups is 1. The first-order chi connectivity index (χ1) is 7.17. The summed E-state index contributed by atoms with van der Waals surface area (Å²) < 4.78 is 0. The lowest BCUT2D eigenvalue weighted by atomic mass is 10.0. The zero-order valence-electron chi connectivity index (χ0n) is 8.53. The maximum absolute atomic E-state index is 11.2. The molecule has 1 amide bonds. The predicted octanol–water partition coefficient (Wildman–Crippen LogP) is 0.174. The quantitative estimate of drug-likeness (QED) is 0.735. The van der Waals surface area contributed by atoms with Gasteiger partial charge >= 0.3 is 0 Å². The first kappa shape index (κ1) is 11.2. The van der Waals surface area contributed by atoms with E-state index in [1.165, 1.54) is 0 Å². The van der Waals surface area contributed by atoms with Gasteiger partial charge in [0, 0.05) is 7.05 Å². The van der Waals surface area contributed by atoms with Crippen LogP contribution in [-0.2, 0) is 11.2 Å². The van der Waals surface area contributed by atoms with E-state index in [1.807, 2.05) is 6.07 Å². The summed E-state index contributed by atoms with van der Waals surface area (Å²) in [5.41, 5.74) is 7.21. The minimum Gasteiger partial charge on any atom is -0.358 e. The van der Waals surface area contributed by atoms with Crippen LogP contribution in [0.25, 0.3) is 0 Å². The Morgan fingerprint density at radius 2 is 2.13 bits per heavy atom. The highest BCUT2D eigenvalue weighted by Gasteiger charge is 2.11. The van der Waals surface area contributed by atoms with Crippen molar-refractivity contribution in [3.63, 3.8) is 0 Å². The summed E-state index contributed by atoms with van der Waals surface area (Å²) >= 11 is 0. The molecule has 0 heterocycles. The van der Waals surface area contributed by atoms with E-state index in [2.05, 4.69) is 5.32 Å². The zero-order valence-corrected chi connectivity index (χ0v) is 8.53. The molecular weight excluding hydrogens is 190 g/mol. The predicted molar refractivity (Wildman–Crippen MR) is 56.9 cm³/mol. The summed E-state index contributed by atoms with van der Waals surface area (Å²) in [4.78, 5) is 11.2. The summed E-state index contributed by atoms with van der Waals surface area (Å²) in [5, 5.41) is 11.1. The molecule has 0 unspecified atom stereocenters. The number of rotatable bonds is 3. The maximum atomic E-state index is 11.2. The van der Waals surface area contributed by atoms with Crippen LogP contribution in [0.1, 0.15) is 11.1 Å². The molecule has 0 saturated carbocycles. The van der Waals surface area contributed by atoms with Crippen LogP contribution in [0, 0.1) is 11.3 Å². The van der Waals surface area contributed by atoms with Gasteiger partial charge in [0.2, 0.25) is 5.91 Å². The number of hydrogen-bond acceptors (Lipinski definition) is 3. The van der Waals surface area contributed by atoms with Crippen molar-refractivity contribution in [1.82, 2.24) is 5.32 Å². The summed E-state index contributed by atoms with van der Waals surface area (Å²) in [6.07, 6.45) is 0.478. The van der Waals surface area contributed by atoms with Crippen molar-refractivity contribution in [2.24, 2.45) is 5.73 Å². The van der Waals surface area contributed by atoms with E-state index in [-0.39, 0.29) is 5.91 Å². The molecule has 0 fully saturated rings. The lowest BCUT2D eigenvalue weighted by molar-refractivity contribution is -0.121. The normalized spacial score (nSPS) is 11.5. The number of carbonyl (C=O) groups excluding carboxylic acids is 1. The Morgan fingerprint density at radius 1 is 1.53 bits per heavy atom. The van der Waals surface area contributed by atoms with Crippen LogP contribution in [-0.4, -0.2) is 19.0 Å². The van der Waals surface area contributed by atoms with Crippen LogP contribution >= 0.6 is 0 Å². The van der Waals surface area contributed by atoms with E-state index in [0.717, 1.165) is 5.56 Å². The number of likely N-dealkylation sites (N-methyl/N-ethyl adjacent to an activating group) is 1. The first-order valence-corrected chi connectivity index (χ1v) is 4.63. The molecule has 15 heavy (non-hydrogen) atoms. The van der Waals surface area contributed by atoms with Crippen molar-refractivity contribution < 1.29 is 4.79 Å². The second-order valence-corrected chi connectivity index (χ2v) is 3.23. The van der Waals surface area contributed by atoms with Gasteiger partial charge in [0.15, 0.2) is 0 Å². The van der Waals surface area contributed by atoms with E-state index in [1.54, 1.807) is 31.3 Å². The Morgan fingerprint density at radius 3 is 2.60 bits per heavy atom. The highest BCUT2D eigenvalue weighted by Crippen LogP contribution is 2.05. The fourth-order valence-corrected chi connectivity index (χ4v) is 1.25. The van der Waals surface area contributed by atoms with Crippen molar-refractivity contribution in [3.05, 3.63) is 35.4 Å². The number of nitrogens with one attached hydrogen (secondary N) is 1. The molecule has 0 aromatic heterocycles. The SMILES string of the molecule is CNC(=O)[C@@H](N)Cc1ccc(C#N)cc1. The van der Waals surface area contributed by atoms with Gasteiger partial charge in [-0.25, -0.2) is 0 Å². The summed E-state index contributed by atoms with van der Waals surface area (Å²) in [7, 11) is 1.56. The minimum atomic E-state index is -0.539. The Balaban J connectivity index is 2.66. The fourth-order valence-electron chi connectivity index (χ4n) is 1.25. The molecule has 1 atom stereocenters. The molecular formula is C11H13N3O. The van der Waals surface area contributed by atoms with Gasteiger partial charge in [-0.3, -0.25) is 4.79 Å². The number of nitriles is 1. The molecule has 78 valence electrons. The van der Waals surface area contributed by atoms with E-state index in [0.29, 0.717) is 12.0 Å². The van der Waals surface area contributed by atoms with Crippen LogP contribution in [0.3, 0.4) is 0 Å². The van der Waals surface area contributed by atoms with Gasteiger partial charge in [-0.05, 0) is 24.1 Å². The number of nitrogens with two attached hydrogens (primary N) is 1. The summed E-state index contributed by atoms with van der Waals surface area (Å²) in [6, 6.07) is 8.53. The number of amides is 1. The van der Waals surface area contributed by atoms with Crippen LogP contribution in [0.15, 0.2) is 24.3 Å². The van der Waals surface area contributed by atoms with Gasteiger partial charge < -0.3 is 11.1 Å². The largest absolute Gasteiger partial charge is 0.358 e. The third kappa shape index (κ3) is 3.08. The van der Waals surface area contributed by atoms with Crippen molar-refractivity contribution in [3.8, 4) is 6.07 Å². The third-order valence-corrected chi connectivity index (χ3v) is 2.12. The monoisotopic (exact) mass is 203 g/mol. The summed E-state index contributed by atoms with van der Waals surface area (Å²) in [5.74, 6) is -0.181. The van der Waals surface area contributed by atoms with Crippen LogP contribution in [0.4, 0.5) is 0 Å². The van der Waals surface area contributed by atoms with Crippen LogP contribution < -0.4 is 11.1 Å². The highest BCUT2D eigenvalue weighted by atomic mass is 16.2. The molecule has 0 bridgehead atoms. The standard InChI is InChI=1S/C11H13N3O/c1-14-11(15)10(13)6-8-2-4-9(7-12)5-3-8/h2-5,10H,6,13H2,1H3,(H,14,15)/t10-/m0/s1. The molecule has 3 N–H and O–H groups in total. The molecule has 0 aliphatic heterocycles. The lowest BCUT2D eigenvalue weighted by Crippen LogP contribution is -2.40. The number of benzene rings is 1. The van der Waals surface area contributed by atoms with Crippen LogP contribution in [0.2, 0.25) is 0 Å². The molecule has 1 aromatic rings. The van der Waals surface area contributed by atoms with E-state index in [9.17, 15) is 4.79 Å². The smallest absolute Gasteiger partial charge is 0.237 e.